The van der Waals surface area contributed by atoms with Crippen molar-refractivity contribution in [1.29, 1.82) is 5.41 Å². The number of thioether (sulfide) groups is 1. The number of likely N-dealkylation sites (N-methyl/N-ethyl adjacent to an activating group) is 1. The molecule has 0 aliphatic carbocycles. The van der Waals surface area contributed by atoms with E-state index in [0.717, 1.165) is 19.4 Å². The number of carbonyl (C=O) groups is 2. The molecule has 0 aliphatic rings. The first-order valence-electron chi connectivity index (χ1n) is 9.78. The van der Waals surface area contributed by atoms with Crippen molar-refractivity contribution in [3.05, 3.63) is 0 Å². The van der Waals surface area contributed by atoms with Crippen molar-refractivity contribution in [2.75, 3.05) is 40.5 Å². The second-order valence-electron chi connectivity index (χ2n) is 7.29. The monoisotopic (exact) mass is 428 g/mol. The van der Waals surface area contributed by atoms with Crippen LogP contribution in [0, 0.1) is 11.3 Å². The van der Waals surface area contributed by atoms with E-state index in [1.807, 2.05) is 18.9 Å². The molecule has 0 saturated heterocycles. The van der Waals surface area contributed by atoms with Gasteiger partial charge in [-0.25, -0.2) is 0 Å². The van der Waals surface area contributed by atoms with Crippen LogP contribution in [0.25, 0.3) is 0 Å². The summed E-state index contributed by atoms with van der Waals surface area (Å²) < 4.78 is 0. The van der Waals surface area contributed by atoms with Crippen LogP contribution in [0.3, 0.4) is 0 Å². The molecule has 0 rings (SSSR count). The van der Waals surface area contributed by atoms with Gasteiger partial charge in [0, 0.05) is 40.7 Å². The Labute approximate surface area is 179 Å². The molecule has 4 N–H and O–H groups in total. The predicted molar refractivity (Wildman–Crippen MR) is 122 cm³/mol. The van der Waals surface area contributed by atoms with Crippen LogP contribution < -0.4 is 10.5 Å². The first-order valence-corrected chi connectivity index (χ1v) is 11.0. The third-order valence-corrected chi connectivity index (χ3v) is 5.35. The van der Waals surface area contributed by atoms with Gasteiger partial charge in [-0.1, -0.05) is 18.7 Å². The van der Waals surface area contributed by atoms with E-state index in [9.17, 15) is 14.6 Å². The molecule has 0 aromatic heterocycles. The van der Waals surface area contributed by atoms with Crippen molar-refractivity contribution < 1.29 is 14.6 Å². The molecule has 0 bridgehead atoms. The minimum absolute atomic E-state index is 0.124. The van der Waals surface area contributed by atoms with E-state index < -0.39 is 13.1 Å². The molecule has 0 spiro atoms. The molecule has 0 heterocycles. The Morgan fingerprint density at radius 2 is 1.97 bits per heavy atom. The average molecular weight is 428 g/mol. The minimum atomic E-state index is -0.790. The Hall–Kier alpha value is -1.59. The second kappa shape index (κ2) is 14.4. The highest BCUT2D eigenvalue weighted by Crippen LogP contribution is 2.14. The Morgan fingerprint density at radius 1 is 1.34 bits per heavy atom. The number of carbonyl (C=O) groups excluding carboxylic acids is 2. The normalized spacial score (nSPS) is 13.4. The fraction of sp³-hybridized carbons (Fsp3) is 0.778. The Kier molecular flexibility index (Phi) is 13.6. The van der Waals surface area contributed by atoms with Crippen LogP contribution in [0.5, 0.6) is 0 Å². The molecule has 0 aromatic carbocycles. The van der Waals surface area contributed by atoms with Gasteiger partial charge >= 0.3 is 7.05 Å². The quantitative estimate of drug-likeness (QED) is 0.219. The van der Waals surface area contributed by atoms with Crippen LogP contribution in [-0.2, 0) is 9.59 Å². The molecule has 9 nitrogen and oxygen atoms in total. The zero-order valence-electron chi connectivity index (χ0n) is 18.8. The lowest BCUT2D eigenvalue weighted by Crippen LogP contribution is -2.55. The lowest BCUT2D eigenvalue weighted by molar-refractivity contribution is -0.138. The summed E-state index contributed by atoms with van der Waals surface area (Å²) in [6, 6.07) is -0.764. The SMILES string of the molecule is CN=C(NC(=O)C(CNB(C)O)N(C)C(=O)C[C@H](C)CCCN(C)C(C)=N)SC. The Morgan fingerprint density at radius 3 is 2.45 bits per heavy atom. The van der Waals surface area contributed by atoms with Crippen molar-refractivity contribution in [3.63, 3.8) is 0 Å². The first kappa shape index (κ1) is 27.4. The van der Waals surface area contributed by atoms with Gasteiger partial charge in [-0.3, -0.25) is 20.0 Å². The number of nitrogens with one attached hydrogen (secondary N) is 3. The number of amides is 2. The van der Waals surface area contributed by atoms with E-state index in [-0.39, 0.29) is 24.3 Å². The highest BCUT2D eigenvalue weighted by Gasteiger charge is 2.28. The number of hydrogen-bond acceptors (Lipinski definition) is 7. The van der Waals surface area contributed by atoms with Gasteiger partial charge in [-0.15, -0.1) is 0 Å². The molecule has 0 fully saturated rings. The van der Waals surface area contributed by atoms with Crippen molar-refractivity contribution in [2.45, 2.75) is 46.0 Å². The third kappa shape index (κ3) is 11.2. The van der Waals surface area contributed by atoms with E-state index in [2.05, 4.69) is 15.5 Å². The van der Waals surface area contributed by atoms with Gasteiger partial charge in [0.25, 0.3) is 0 Å². The van der Waals surface area contributed by atoms with E-state index >= 15 is 0 Å². The average Bonchev–Trinajstić information content (AvgIpc) is 2.65. The summed E-state index contributed by atoms with van der Waals surface area (Å²) in [5.74, 6) is 0.213. The highest BCUT2D eigenvalue weighted by atomic mass is 32.2. The van der Waals surface area contributed by atoms with Crippen molar-refractivity contribution >= 4 is 41.6 Å². The van der Waals surface area contributed by atoms with Gasteiger partial charge in [0.15, 0.2) is 5.17 Å². The van der Waals surface area contributed by atoms with E-state index in [4.69, 9.17) is 5.41 Å². The Bertz CT molecular complexity index is 576. The zero-order chi connectivity index (χ0) is 22.6. The van der Waals surface area contributed by atoms with Crippen molar-refractivity contribution in [2.24, 2.45) is 10.9 Å². The van der Waals surface area contributed by atoms with Crippen LogP contribution in [0.2, 0.25) is 6.82 Å². The maximum atomic E-state index is 12.7. The molecule has 1 unspecified atom stereocenters. The summed E-state index contributed by atoms with van der Waals surface area (Å²) in [5, 5.41) is 23.1. The number of rotatable bonds is 11. The zero-order valence-corrected chi connectivity index (χ0v) is 19.6. The summed E-state index contributed by atoms with van der Waals surface area (Å²) in [7, 11) is 4.29. The lowest BCUT2D eigenvalue weighted by Gasteiger charge is -2.29. The fourth-order valence-electron chi connectivity index (χ4n) is 2.64. The summed E-state index contributed by atoms with van der Waals surface area (Å²) >= 11 is 1.31. The van der Waals surface area contributed by atoms with Crippen LogP contribution in [0.1, 0.15) is 33.1 Å². The van der Waals surface area contributed by atoms with Crippen molar-refractivity contribution in [3.8, 4) is 0 Å². The maximum absolute atomic E-state index is 12.7. The summed E-state index contributed by atoms with van der Waals surface area (Å²) in [6.07, 6.45) is 3.89. The van der Waals surface area contributed by atoms with Gasteiger partial charge in [0.05, 0.1) is 5.84 Å². The topological polar surface area (TPSA) is 121 Å². The largest absolute Gasteiger partial charge is 0.437 e. The molecule has 2 amide bonds. The molecule has 0 saturated carbocycles. The van der Waals surface area contributed by atoms with Gasteiger partial charge < -0.3 is 25.4 Å². The predicted octanol–water partition coefficient (Wildman–Crippen LogP) is 0.714. The summed E-state index contributed by atoms with van der Waals surface area (Å²) in [4.78, 5) is 32.7. The number of amidine groups is 2. The van der Waals surface area contributed by atoms with Crippen LogP contribution in [-0.4, -0.2) is 91.2 Å². The van der Waals surface area contributed by atoms with E-state index in [0.29, 0.717) is 17.4 Å². The minimum Gasteiger partial charge on any atom is -0.437 e. The molecule has 166 valence electrons. The van der Waals surface area contributed by atoms with Crippen LogP contribution in [0.4, 0.5) is 0 Å². The molecule has 2 atom stereocenters. The molecule has 0 radical (unpaired) electrons. The Balaban J connectivity index is 4.89. The smallest absolute Gasteiger partial charge is 0.373 e. The molecule has 11 heteroatoms. The third-order valence-electron chi connectivity index (χ3n) is 4.68. The van der Waals surface area contributed by atoms with Crippen LogP contribution >= 0.6 is 11.8 Å². The van der Waals surface area contributed by atoms with E-state index in [1.54, 1.807) is 34.1 Å². The maximum Gasteiger partial charge on any atom is 0.373 e. The first-order chi connectivity index (χ1) is 13.5. The van der Waals surface area contributed by atoms with Gasteiger partial charge in [0.2, 0.25) is 11.8 Å². The number of nitrogens with zero attached hydrogens (tertiary/aromatic N) is 3. The fourth-order valence-corrected chi connectivity index (χ4v) is 3.02. The number of aliphatic imine (C=N–C) groups is 1. The second-order valence-corrected chi connectivity index (χ2v) is 8.08. The molecule has 0 aliphatic heterocycles. The van der Waals surface area contributed by atoms with Gasteiger partial charge in [0.1, 0.15) is 6.04 Å². The lowest BCUT2D eigenvalue weighted by atomic mass is 9.88. The number of hydrogen-bond donors (Lipinski definition) is 4. The van der Waals surface area contributed by atoms with Crippen LogP contribution in [0.15, 0.2) is 4.99 Å². The molecule has 0 aromatic rings. The highest BCUT2D eigenvalue weighted by molar-refractivity contribution is 8.13. The van der Waals surface area contributed by atoms with Gasteiger partial charge in [-0.2, -0.15) is 0 Å². The molecular formula is C18H37BN6O3S. The van der Waals surface area contributed by atoms with E-state index in [1.165, 1.54) is 16.7 Å². The summed E-state index contributed by atoms with van der Waals surface area (Å²) in [5.41, 5.74) is 0. The molecule has 29 heavy (non-hydrogen) atoms. The van der Waals surface area contributed by atoms with Crippen molar-refractivity contribution in [1.82, 2.24) is 20.3 Å². The van der Waals surface area contributed by atoms with Gasteiger partial charge in [-0.05, 0) is 38.8 Å². The molecular weight excluding hydrogens is 391 g/mol. The standard InChI is InChI=1S/C18H37BN6O3S/c1-13(9-8-10-24(5)14(2)20)11-16(26)25(6)15(12-22-19(3)28)17(27)23-18(21-4)29-7/h13,15,20,22,28H,8-12H2,1-7H3,(H,21,23,27)/t13-,15?/m1/s1. The summed E-state index contributed by atoms with van der Waals surface area (Å²) in [6.45, 7) is 6.24.